The zero-order chi connectivity index (χ0) is 13.9. The molecule has 0 aliphatic rings. The Kier molecular flexibility index (Phi) is 4.05. The third kappa shape index (κ3) is 3.06. The largest absolute Gasteiger partial charge is 0.497 e. The normalized spacial score (nSPS) is 11.0. The second-order valence-corrected chi connectivity index (χ2v) is 3.47. The minimum atomic E-state index is -4.95. The van der Waals surface area contributed by atoms with Crippen LogP contribution in [0.5, 0.6) is 11.5 Å². The Morgan fingerprint density at radius 1 is 1.22 bits per heavy atom. The average Bonchev–Trinajstić information content (AvgIpc) is 2.29. The Morgan fingerprint density at radius 3 is 2.28 bits per heavy atom. The van der Waals surface area contributed by atoms with Gasteiger partial charge in [-0.05, 0) is 18.6 Å². The van der Waals surface area contributed by atoms with Crippen LogP contribution in [0.4, 0.5) is 18.9 Å². The number of carbonyl (C=O) groups is 1. The van der Waals surface area contributed by atoms with Crippen LogP contribution in [-0.2, 0) is 4.79 Å². The van der Waals surface area contributed by atoms with Crippen LogP contribution in [0.3, 0.4) is 0 Å². The molecule has 0 unspecified atom stereocenters. The molecule has 1 rings (SSSR count). The van der Waals surface area contributed by atoms with Crippen molar-refractivity contribution in [3.8, 4) is 11.5 Å². The van der Waals surface area contributed by atoms with E-state index in [1.54, 1.807) is 5.32 Å². The van der Waals surface area contributed by atoms with Gasteiger partial charge in [0.05, 0.1) is 19.9 Å². The Hall–Kier alpha value is -1.92. The Balaban J connectivity index is 3.13. The first-order chi connectivity index (χ1) is 8.29. The number of methoxy groups -OCH3 is 2. The van der Waals surface area contributed by atoms with Gasteiger partial charge in [-0.3, -0.25) is 4.79 Å². The van der Waals surface area contributed by atoms with E-state index >= 15 is 0 Å². The molecule has 0 bridgehead atoms. The zero-order valence-electron chi connectivity index (χ0n) is 10.0. The molecule has 0 saturated heterocycles. The third-order valence-corrected chi connectivity index (χ3v) is 2.22. The number of nitrogens with one attached hydrogen (secondary N) is 1. The van der Waals surface area contributed by atoms with E-state index < -0.39 is 12.1 Å². The second kappa shape index (κ2) is 5.16. The maximum absolute atomic E-state index is 12.2. The van der Waals surface area contributed by atoms with Crippen molar-refractivity contribution in [1.29, 1.82) is 0 Å². The van der Waals surface area contributed by atoms with Gasteiger partial charge in [0.1, 0.15) is 11.5 Å². The Morgan fingerprint density at radius 2 is 1.83 bits per heavy atom. The van der Waals surface area contributed by atoms with Crippen LogP contribution in [0.2, 0.25) is 0 Å². The fraction of sp³-hybridized carbons (Fsp3) is 0.364. The van der Waals surface area contributed by atoms with Crippen LogP contribution >= 0.6 is 0 Å². The molecule has 0 aliphatic carbocycles. The number of rotatable bonds is 3. The lowest BCUT2D eigenvalue weighted by Crippen LogP contribution is -2.30. The number of alkyl halides is 3. The van der Waals surface area contributed by atoms with Crippen molar-refractivity contribution in [3.05, 3.63) is 17.7 Å². The lowest BCUT2D eigenvalue weighted by molar-refractivity contribution is -0.167. The molecule has 0 fully saturated rings. The lowest BCUT2D eigenvalue weighted by atomic mass is 10.1. The van der Waals surface area contributed by atoms with E-state index in [9.17, 15) is 18.0 Å². The highest BCUT2D eigenvalue weighted by atomic mass is 19.4. The van der Waals surface area contributed by atoms with Crippen molar-refractivity contribution in [2.24, 2.45) is 0 Å². The zero-order valence-corrected chi connectivity index (χ0v) is 10.0. The standard InChI is InChI=1S/C11H12F3NO3/c1-6-4-7(17-2)5-8(18-3)9(6)15-10(16)11(12,13)14/h4-5H,1-3H3,(H,15,16). The smallest absolute Gasteiger partial charge is 0.471 e. The number of amides is 1. The molecule has 7 heteroatoms. The van der Waals surface area contributed by atoms with Crippen LogP contribution in [-0.4, -0.2) is 26.3 Å². The van der Waals surface area contributed by atoms with E-state index in [2.05, 4.69) is 0 Å². The number of hydrogen-bond acceptors (Lipinski definition) is 3. The highest BCUT2D eigenvalue weighted by Gasteiger charge is 2.39. The maximum atomic E-state index is 12.2. The molecule has 1 N–H and O–H groups in total. The first-order valence-corrected chi connectivity index (χ1v) is 4.90. The molecule has 4 nitrogen and oxygen atoms in total. The summed E-state index contributed by atoms with van der Waals surface area (Å²) >= 11 is 0. The number of carbonyl (C=O) groups excluding carboxylic acids is 1. The third-order valence-electron chi connectivity index (χ3n) is 2.22. The minimum Gasteiger partial charge on any atom is -0.497 e. The summed E-state index contributed by atoms with van der Waals surface area (Å²) in [5, 5.41) is 1.78. The summed E-state index contributed by atoms with van der Waals surface area (Å²) in [6.07, 6.45) is -4.95. The van der Waals surface area contributed by atoms with E-state index in [1.165, 1.54) is 33.3 Å². The van der Waals surface area contributed by atoms with E-state index in [4.69, 9.17) is 9.47 Å². The topological polar surface area (TPSA) is 47.6 Å². The Labute approximate surface area is 102 Å². The van der Waals surface area contributed by atoms with Gasteiger partial charge in [0.25, 0.3) is 0 Å². The van der Waals surface area contributed by atoms with Gasteiger partial charge in [-0.1, -0.05) is 0 Å². The highest BCUT2D eigenvalue weighted by molar-refractivity contribution is 5.97. The molecule has 18 heavy (non-hydrogen) atoms. The molecule has 100 valence electrons. The van der Waals surface area contributed by atoms with E-state index in [0.29, 0.717) is 11.3 Å². The molecule has 0 radical (unpaired) electrons. The summed E-state index contributed by atoms with van der Waals surface area (Å²) in [4.78, 5) is 10.9. The van der Waals surface area contributed by atoms with Gasteiger partial charge in [0, 0.05) is 6.07 Å². The summed E-state index contributed by atoms with van der Waals surface area (Å²) in [7, 11) is 2.71. The number of aryl methyl sites for hydroxylation is 1. The van der Waals surface area contributed by atoms with Crippen LogP contribution in [0.1, 0.15) is 5.56 Å². The van der Waals surface area contributed by atoms with Crippen molar-refractivity contribution in [3.63, 3.8) is 0 Å². The van der Waals surface area contributed by atoms with E-state index in [1.807, 2.05) is 0 Å². The molecule has 0 heterocycles. The first kappa shape index (κ1) is 14.1. The molecule has 0 spiro atoms. The summed E-state index contributed by atoms with van der Waals surface area (Å²) in [6.45, 7) is 1.54. The number of anilines is 1. The number of benzene rings is 1. The maximum Gasteiger partial charge on any atom is 0.471 e. The Bertz CT molecular complexity index is 458. The second-order valence-electron chi connectivity index (χ2n) is 3.47. The van der Waals surface area contributed by atoms with Crippen molar-refractivity contribution < 1.29 is 27.4 Å². The molecule has 0 aliphatic heterocycles. The van der Waals surface area contributed by atoms with Crippen LogP contribution in [0.25, 0.3) is 0 Å². The quantitative estimate of drug-likeness (QED) is 0.911. The summed E-state index contributed by atoms with van der Waals surface area (Å²) in [6, 6.07) is 2.88. The predicted molar refractivity (Wildman–Crippen MR) is 59.0 cm³/mol. The molecule has 1 aromatic carbocycles. The number of halogens is 3. The molecule has 1 amide bonds. The summed E-state index contributed by atoms with van der Waals surface area (Å²) < 4.78 is 46.4. The SMILES string of the molecule is COc1cc(C)c(NC(=O)C(F)(F)F)c(OC)c1. The number of hydrogen-bond donors (Lipinski definition) is 1. The average molecular weight is 263 g/mol. The summed E-state index contributed by atoms with van der Waals surface area (Å²) in [5.41, 5.74) is 0.379. The first-order valence-electron chi connectivity index (χ1n) is 4.90. The van der Waals surface area contributed by atoms with Crippen molar-refractivity contribution in [1.82, 2.24) is 0 Å². The van der Waals surface area contributed by atoms with Crippen molar-refractivity contribution >= 4 is 11.6 Å². The van der Waals surface area contributed by atoms with E-state index in [0.717, 1.165) is 0 Å². The van der Waals surface area contributed by atoms with E-state index in [-0.39, 0.29) is 11.4 Å². The fourth-order valence-electron chi connectivity index (χ4n) is 1.35. The fourth-order valence-corrected chi connectivity index (χ4v) is 1.35. The van der Waals surface area contributed by atoms with Crippen LogP contribution in [0, 0.1) is 6.92 Å². The number of ether oxygens (including phenoxy) is 2. The molecule has 0 atom stereocenters. The monoisotopic (exact) mass is 263 g/mol. The van der Waals surface area contributed by atoms with Gasteiger partial charge in [-0.15, -0.1) is 0 Å². The van der Waals surface area contributed by atoms with Gasteiger partial charge >= 0.3 is 12.1 Å². The van der Waals surface area contributed by atoms with Gasteiger partial charge in [0.2, 0.25) is 0 Å². The van der Waals surface area contributed by atoms with Gasteiger partial charge in [-0.25, -0.2) is 0 Å². The van der Waals surface area contributed by atoms with Crippen LogP contribution < -0.4 is 14.8 Å². The highest BCUT2D eigenvalue weighted by Crippen LogP contribution is 2.34. The van der Waals surface area contributed by atoms with Crippen molar-refractivity contribution in [2.45, 2.75) is 13.1 Å². The van der Waals surface area contributed by atoms with Gasteiger partial charge in [-0.2, -0.15) is 13.2 Å². The van der Waals surface area contributed by atoms with Gasteiger partial charge < -0.3 is 14.8 Å². The van der Waals surface area contributed by atoms with Crippen molar-refractivity contribution in [2.75, 3.05) is 19.5 Å². The molecular weight excluding hydrogens is 251 g/mol. The molecule has 0 aromatic heterocycles. The summed E-state index contributed by atoms with van der Waals surface area (Å²) in [5.74, 6) is -1.52. The van der Waals surface area contributed by atoms with Crippen LogP contribution in [0.15, 0.2) is 12.1 Å². The predicted octanol–water partition coefficient (Wildman–Crippen LogP) is 2.51. The van der Waals surface area contributed by atoms with Gasteiger partial charge in [0.15, 0.2) is 0 Å². The molecule has 1 aromatic rings. The lowest BCUT2D eigenvalue weighted by Gasteiger charge is -2.15. The minimum absolute atomic E-state index is 0.0272. The molecular formula is C11H12F3NO3. The molecule has 0 saturated carbocycles.